The summed E-state index contributed by atoms with van der Waals surface area (Å²) in [7, 11) is 0. The molecule has 2 aromatic rings. The first-order valence-electron chi connectivity index (χ1n) is 4.97. The number of nitriles is 2. The summed E-state index contributed by atoms with van der Waals surface area (Å²) < 4.78 is 18.7. The van der Waals surface area contributed by atoms with E-state index in [4.69, 9.17) is 15.3 Å². The fourth-order valence-electron chi connectivity index (χ4n) is 1.33. The third-order valence-electron chi connectivity index (χ3n) is 2.17. The van der Waals surface area contributed by atoms with Gasteiger partial charge in [-0.1, -0.05) is 6.07 Å². The van der Waals surface area contributed by atoms with E-state index in [1.165, 1.54) is 36.5 Å². The van der Waals surface area contributed by atoms with Crippen molar-refractivity contribution >= 4 is 0 Å². The molecule has 0 aliphatic carbocycles. The molecular weight excluding hydrogens is 233 g/mol. The van der Waals surface area contributed by atoms with E-state index >= 15 is 0 Å². The average molecular weight is 239 g/mol. The Morgan fingerprint density at radius 2 is 1.94 bits per heavy atom. The Balaban J connectivity index is 2.32. The molecule has 0 radical (unpaired) electrons. The molecule has 0 bridgehead atoms. The fourth-order valence-corrected chi connectivity index (χ4v) is 1.33. The standard InChI is InChI=1S/C13H6FN3O/c14-12-2-1-3-13(11(12)7-16)18-10-5-4-9(6-15)17-8-10/h1-5,8H. The quantitative estimate of drug-likeness (QED) is 0.807. The number of halogens is 1. The normalized spacial score (nSPS) is 9.28. The van der Waals surface area contributed by atoms with Gasteiger partial charge in [-0.25, -0.2) is 9.37 Å². The van der Waals surface area contributed by atoms with Crippen molar-refractivity contribution in [3.8, 4) is 23.6 Å². The van der Waals surface area contributed by atoms with Gasteiger partial charge in [0.2, 0.25) is 0 Å². The summed E-state index contributed by atoms with van der Waals surface area (Å²) in [6.07, 6.45) is 1.34. The highest BCUT2D eigenvalue weighted by molar-refractivity contribution is 5.46. The lowest BCUT2D eigenvalue weighted by molar-refractivity contribution is 0.472. The summed E-state index contributed by atoms with van der Waals surface area (Å²) in [6.45, 7) is 0. The molecule has 0 unspecified atom stereocenters. The highest BCUT2D eigenvalue weighted by Gasteiger charge is 2.09. The molecule has 0 aliphatic heterocycles. The zero-order chi connectivity index (χ0) is 13.0. The first-order chi connectivity index (χ1) is 8.74. The SMILES string of the molecule is N#Cc1ccc(Oc2cccc(F)c2C#N)cn1. The monoisotopic (exact) mass is 239 g/mol. The average Bonchev–Trinajstić information content (AvgIpc) is 2.40. The Bertz CT molecular complexity index is 653. The van der Waals surface area contributed by atoms with E-state index in [1.807, 2.05) is 6.07 Å². The number of nitrogens with zero attached hydrogens (tertiary/aromatic N) is 3. The van der Waals surface area contributed by atoms with E-state index in [1.54, 1.807) is 6.07 Å². The Hall–Kier alpha value is -2.92. The lowest BCUT2D eigenvalue weighted by atomic mass is 10.2. The van der Waals surface area contributed by atoms with Gasteiger partial charge in [0.05, 0.1) is 6.20 Å². The molecule has 0 amide bonds. The van der Waals surface area contributed by atoms with Crippen LogP contribution in [0, 0.1) is 28.5 Å². The number of aromatic nitrogens is 1. The molecule has 1 aromatic carbocycles. The summed E-state index contributed by atoms with van der Waals surface area (Å²) in [6, 6.07) is 10.7. The van der Waals surface area contributed by atoms with Crippen molar-refractivity contribution in [1.82, 2.24) is 4.98 Å². The molecular formula is C13H6FN3O. The van der Waals surface area contributed by atoms with Gasteiger partial charge < -0.3 is 4.74 Å². The summed E-state index contributed by atoms with van der Waals surface area (Å²) in [4.78, 5) is 3.81. The van der Waals surface area contributed by atoms with Crippen LogP contribution in [0.15, 0.2) is 36.5 Å². The van der Waals surface area contributed by atoms with Gasteiger partial charge in [-0.05, 0) is 24.3 Å². The summed E-state index contributed by atoms with van der Waals surface area (Å²) in [5.74, 6) is -0.197. The van der Waals surface area contributed by atoms with E-state index in [0.717, 1.165) is 0 Å². The minimum atomic E-state index is -0.642. The topological polar surface area (TPSA) is 69.7 Å². The van der Waals surface area contributed by atoms with Gasteiger partial charge in [0.1, 0.15) is 40.7 Å². The lowest BCUT2D eigenvalue weighted by Gasteiger charge is -2.06. The molecule has 0 saturated carbocycles. The second-order valence-electron chi connectivity index (χ2n) is 3.32. The number of benzene rings is 1. The van der Waals surface area contributed by atoms with Crippen molar-refractivity contribution in [1.29, 1.82) is 10.5 Å². The lowest BCUT2D eigenvalue weighted by Crippen LogP contribution is -1.92. The second-order valence-corrected chi connectivity index (χ2v) is 3.32. The van der Waals surface area contributed by atoms with Crippen molar-refractivity contribution in [3.05, 3.63) is 53.6 Å². The first-order valence-corrected chi connectivity index (χ1v) is 4.97. The maximum Gasteiger partial charge on any atom is 0.148 e. The molecule has 0 spiro atoms. The highest BCUT2D eigenvalue weighted by Crippen LogP contribution is 2.26. The van der Waals surface area contributed by atoms with Gasteiger partial charge >= 0.3 is 0 Å². The molecule has 1 heterocycles. The van der Waals surface area contributed by atoms with Gasteiger partial charge in [0, 0.05) is 0 Å². The number of hydrogen-bond donors (Lipinski definition) is 0. The van der Waals surface area contributed by atoms with E-state index in [-0.39, 0.29) is 17.0 Å². The molecule has 1 aromatic heterocycles. The van der Waals surface area contributed by atoms with Crippen LogP contribution in [-0.2, 0) is 0 Å². The van der Waals surface area contributed by atoms with Crippen molar-refractivity contribution in [2.45, 2.75) is 0 Å². The minimum absolute atomic E-state index is 0.115. The number of ether oxygens (including phenoxy) is 1. The summed E-state index contributed by atoms with van der Waals surface area (Å²) in [5, 5.41) is 17.4. The predicted octanol–water partition coefficient (Wildman–Crippen LogP) is 2.76. The van der Waals surface area contributed by atoms with Crippen molar-refractivity contribution in [3.63, 3.8) is 0 Å². The van der Waals surface area contributed by atoms with Crippen LogP contribution in [0.1, 0.15) is 11.3 Å². The zero-order valence-corrected chi connectivity index (χ0v) is 9.09. The molecule has 18 heavy (non-hydrogen) atoms. The number of pyridine rings is 1. The van der Waals surface area contributed by atoms with Crippen LogP contribution in [0.25, 0.3) is 0 Å². The van der Waals surface area contributed by atoms with Gasteiger partial charge in [-0.15, -0.1) is 0 Å². The van der Waals surface area contributed by atoms with Crippen LogP contribution >= 0.6 is 0 Å². The maximum atomic E-state index is 13.3. The van der Waals surface area contributed by atoms with Gasteiger partial charge in [-0.3, -0.25) is 0 Å². The van der Waals surface area contributed by atoms with Crippen LogP contribution in [0.3, 0.4) is 0 Å². The predicted molar refractivity (Wildman–Crippen MR) is 60.1 cm³/mol. The van der Waals surface area contributed by atoms with E-state index in [0.29, 0.717) is 5.75 Å². The third-order valence-corrected chi connectivity index (χ3v) is 2.17. The molecule has 86 valence electrons. The van der Waals surface area contributed by atoms with E-state index < -0.39 is 5.82 Å². The van der Waals surface area contributed by atoms with E-state index in [9.17, 15) is 4.39 Å². The Morgan fingerprint density at radius 1 is 1.11 bits per heavy atom. The van der Waals surface area contributed by atoms with Crippen molar-refractivity contribution in [2.24, 2.45) is 0 Å². The van der Waals surface area contributed by atoms with Crippen LogP contribution in [0.2, 0.25) is 0 Å². The molecule has 0 saturated heterocycles. The Morgan fingerprint density at radius 3 is 2.56 bits per heavy atom. The van der Waals surface area contributed by atoms with Gasteiger partial charge in [0.15, 0.2) is 0 Å². The Labute approximate surface area is 103 Å². The molecule has 0 N–H and O–H groups in total. The molecule has 4 nitrogen and oxygen atoms in total. The van der Waals surface area contributed by atoms with Crippen molar-refractivity contribution in [2.75, 3.05) is 0 Å². The number of hydrogen-bond acceptors (Lipinski definition) is 4. The fraction of sp³-hybridized carbons (Fsp3) is 0. The minimum Gasteiger partial charge on any atom is -0.454 e. The van der Waals surface area contributed by atoms with Crippen LogP contribution < -0.4 is 4.74 Å². The molecule has 0 fully saturated rings. The van der Waals surface area contributed by atoms with Crippen LogP contribution in [-0.4, -0.2) is 4.98 Å². The van der Waals surface area contributed by atoms with Crippen molar-refractivity contribution < 1.29 is 9.13 Å². The smallest absolute Gasteiger partial charge is 0.148 e. The zero-order valence-electron chi connectivity index (χ0n) is 9.09. The third kappa shape index (κ3) is 2.26. The van der Waals surface area contributed by atoms with Crippen LogP contribution in [0.5, 0.6) is 11.5 Å². The molecule has 0 atom stereocenters. The maximum absolute atomic E-state index is 13.3. The first kappa shape index (κ1) is 11.6. The molecule has 2 rings (SSSR count). The second kappa shape index (κ2) is 4.94. The van der Waals surface area contributed by atoms with Gasteiger partial charge in [-0.2, -0.15) is 10.5 Å². The largest absolute Gasteiger partial charge is 0.454 e. The van der Waals surface area contributed by atoms with Gasteiger partial charge in [0.25, 0.3) is 0 Å². The molecule has 5 heteroatoms. The van der Waals surface area contributed by atoms with Crippen LogP contribution in [0.4, 0.5) is 4.39 Å². The summed E-state index contributed by atoms with van der Waals surface area (Å²) >= 11 is 0. The number of rotatable bonds is 2. The summed E-state index contributed by atoms with van der Waals surface area (Å²) in [5.41, 5.74) is 0.0870. The van der Waals surface area contributed by atoms with E-state index in [2.05, 4.69) is 4.98 Å². The highest BCUT2D eigenvalue weighted by atomic mass is 19.1. The molecule has 0 aliphatic rings. The Kier molecular flexibility index (Phi) is 3.17.